The number of aromatic nitrogens is 1. The molecule has 0 radical (unpaired) electrons. The molecule has 0 bridgehead atoms. The molecule has 0 aliphatic carbocycles. The highest BCUT2D eigenvalue weighted by Crippen LogP contribution is 2.22. The van der Waals surface area contributed by atoms with Gasteiger partial charge in [-0.3, -0.25) is 14.7 Å². The summed E-state index contributed by atoms with van der Waals surface area (Å²) in [5, 5.41) is 19.4. The van der Waals surface area contributed by atoms with Gasteiger partial charge < -0.3 is 14.6 Å². The molecule has 22 heavy (non-hydrogen) atoms. The fourth-order valence-corrected chi connectivity index (χ4v) is 2.94. The number of carboxylic acids is 1. The molecule has 2 atom stereocenters. The molecule has 1 aromatic carbocycles. The Labute approximate surface area is 126 Å². The van der Waals surface area contributed by atoms with Gasteiger partial charge in [-0.2, -0.15) is 0 Å². The molecule has 118 valence electrons. The van der Waals surface area contributed by atoms with Gasteiger partial charge in [-0.15, -0.1) is 0 Å². The summed E-state index contributed by atoms with van der Waals surface area (Å²) < 4.78 is 4.98. The molecular formula is C15H18N2O5. The van der Waals surface area contributed by atoms with Crippen molar-refractivity contribution in [2.24, 2.45) is 5.92 Å². The number of β-amino-alcohol motifs (C(OH)–C–C–N with tert-alkyl or cyclic N) is 1. The summed E-state index contributed by atoms with van der Waals surface area (Å²) >= 11 is 0. The fourth-order valence-electron chi connectivity index (χ4n) is 2.94. The lowest BCUT2D eigenvalue weighted by Gasteiger charge is -2.32. The number of rotatable bonds is 4. The van der Waals surface area contributed by atoms with Gasteiger partial charge in [0.2, 0.25) is 0 Å². The number of hydrogen-bond acceptors (Lipinski definition) is 5. The van der Waals surface area contributed by atoms with Crippen LogP contribution in [0.1, 0.15) is 24.5 Å². The van der Waals surface area contributed by atoms with Crippen molar-refractivity contribution in [3.05, 3.63) is 34.3 Å². The number of piperidine rings is 1. The molecule has 0 amide bonds. The Morgan fingerprint density at radius 2 is 2.32 bits per heavy atom. The molecule has 0 spiro atoms. The summed E-state index contributed by atoms with van der Waals surface area (Å²) in [5.74, 6) is -1.68. The van der Waals surface area contributed by atoms with Crippen LogP contribution >= 0.6 is 0 Å². The number of benzene rings is 1. The van der Waals surface area contributed by atoms with E-state index in [1.54, 1.807) is 18.2 Å². The third-order valence-electron chi connectivity index (χ3n) is 4.12. The number of likely N-dealkylation sites (tertiary alicyclic amines) is 1. The van der Waals surface area contributed by atoms with Crippen molar-refractivity contribution < 1.29 is 19.4 Å². The number of aliphatic hydroxyl groups is 1. The highest BCUT2D eigenvalue weighted by atomic mass is 16.4. The minimum Gasteiger partial charge on any atom is -0.481 e. The maximum atomic E-state index is 11.1. The normalized spacial score (nSPS) is 21.0. The van der Waals surface area contributed by atoms with Crippen LogP contribution < -0.4 is 5.76 Å². The number of aromatic amines is 1. The van der Waals surface area contributed by atoms with Crippen molar-refractivity contribution in [2.75, 3.05) is 19.6 Å². The van der Waals surface area contributed by atoms with Crippen molar-refractivity contribution in [3.63, 3.8) is 0 Å². The van der Waals surface area contributed by atoms with E-state index in [9.17, 15) is 14.7 Å². The molecule has 2 aromatic rings. The minimum absolute atomic E-state index is 0.365. The summed E-state index contributed by atoms with van der Waals surface area (Å²) in [4.78, 5) is 26.7. The number of oxazole rings is 1. The smallest absolute Gasteiger partial charge is 0.417 e. The summed E-state index contributed by atoms with van der Waals surface area (Å²) in [6, 6.07) is 5.06. The van der Waals surface area contributed by atoms with Crippen LogP contribution in [0.25, 0.3) is 11.1 Å². The predicted octanol–water partition coefficient (Wildman–Crippen LogP) is 0.951. The molecule has 0 saturated carbocycles. The van der Waals surface area contributed by atoms with Gasteiger partial charge >= 0.3 is 11.7 Å². The fraction of sp³-hybridized carbons (Fsp3) is 0.467. The number of hydrogen-bond donors (Lipinski definition) is 3. The van der Waals surface area contributed by atoms with Crippen LogP contribution in [-0.2, 0) is 4.79 Å². The Balaban J connectivity index is 1.70. The van der Waals surface area contributed by atoms with E-state index in [1.165, 1.54) is 0 Å². The summed E-state index contributed by atoms with van der Waals surface area (Å²) in [6.07, 6.45) is 0.745. The first-order valence-corrected chi connectivity index (χ1v) is 7.29. The molecule has 1 aliphatic rings. The first-order chi connectivity index (χ1) is 10.5. The van der Waals surface area contributed by atoms with E-state index in [-0.39, 0.29) is 5.92 Å². The van der Waals surface area contributed by atoms with Crippen molar-refractivity contribution in [1.82, 2.24) is 9.88 Å². The molecule has 2 unspecified atom stereocenters. The van der Waals surface area contributed by atoms with Crippen LogP contribution in [0.15, 0.2) is 27.4 Å². The van der Waals surface area contributed by atoms with Crippen molar-refractivity contribution in [2.45, 2.75) is 18.9 Å². The first-order valence-electron chi connectivity index (χ1n) is 7.29. The molecular weight excluding hydrogens is 288 g/mol. The van der Waals surface area contributed by atoms with Gasteiger partial charge in [0.15, 0.2) is 5.58 Å². The quantitative estimate of drug-likeness (QED) is 0.776. The Morgan fingerprint density at radius 3 is 3.09 bits per heavy atom. The average molecular weight is 306 g/mol. The van der Waals surface area contributed by atoms with Gasteiger partial charge in [-0.1, -0.05) is 6.07 Å². The lowest BCUT2D eigenvalue weighted by atomic mass is 9.97. The molecule has 1 fully saturated rings. The van der Waals surface area contributed by atoms with Crippen molar-refractivity contribution >= 4 is 17.1 Å². The van der Waals surface area contributed by atoms with Gasteiger partial charge in [0.1, 0.15) is 0 Å². The topological polar surface area (TPSA) is 107 Å². The highest BCUT2D eigenvalue weighted by Gasteiger charge is 2.26. The Kier molecular flexibility index (Phi) is 4.00. The van der Waals surface area contributed by atoms with Crippen LogP contribution in [0.4, 0.5) is 0 Å². The van der Waals surface area contributed by atoms with Gasteiger partial charge in [0.05, 0.1) is 17.5 Å². The number of nitrogens with one attached hydrogen (secondary N) is 1. The molecule has 3 N–H and O–H groups in total. The monoisotopic (exact) mass is 306 g/mol. The average Bonchev–Trinajstić information content (AvgIpc) is 2.86. The van der Waals surface area contributed by atoms with Crippen molar-refractivity contribution in [3.8, 4) is 0 Å². The van der Waals surface area contributed by atoms with E-state index < -0.39 is 17.8 Å². The molecule has 1 aliphatic heterocycles. The van der Waals surface area contributed by atoms with Gasteiger partial charge in [0, 0.05) is 13.1 Å². The second-order valence-electron chi connectivity index (χ2n) is 5.72. The number of aliphatic hydroxyl groups excluding tert-OH is 1. The zero-order valence-electron chi connectivity index (χ0n) is 12.0. The maximum absolute atomic E-state index is 11.1. The molecule has 3 rings (SSSR count). The highest BCUT2D eigenvalue weighted by molar-refractivity contribution is 5.73. The molecule has 2 heterocycles. The van der Waals surface area contributed by atoms with E-state index in [4.69, 9.17) is 9.52 Å². The number of carbonyl (C=O) groups is 1. The van der Waals surface area contributed by atoms with Gasteiger partial charge in [-0.25, -0.2) is 4.79 Å². The summed E-state index contributed by atoms with van der Waals surface area (Å²) in [5.41, 5.74) is 1.64. The van der Waals surface area contributed by atoms with Crippen LogP contribution in [0, 0.1) is 5.92 Å². The SMILES string of the molecule is O=C(O)C1CCCN(CC(O)c2ccc3[nH]c(=O)oc3c2)C1. The van der Waals surface area contributed by atoms with E-state index in [1.807, 2.05) is 4.90 Å². The van der Waals surface area contributed by atoms with Crippen LogP contribution in [0.2, 0.25) is 0 Å². The number of H-pyrrole nitrogens is 1. The standard InChI is InChI=1S/C15H18N2O5/c18-12(8-17-5-1-2-10(7-17)14(19)20)9-3-4-11-13(6-9)22-15(21)16-11/h3-4,6,10,12,18H,1-2,5,7-8H2,(H,16,21)(H,19,20). The molecule has 1 aromatic heterocycles. The molecule has 7 heteroatoms. The number of carboxylic acid groups (broad SMARTS) is 1. The van der Waals surface area contributed by atoms with E-state index in [2.05, 4.69) is 4.98 Å². The van der Waals surface area contributed by atoms with E-state index in [0.29, 0.717) is 36.2 Å². The Morgan fingerprint density at radius 1 is 1.50 bits per heavy atom. The number of fused-ring (bicyclic) bond motifs is 1. The molecule has 7 nitrogen and oxygen atoms in total. The van der Waals surface area contributed by atoms with Gasteiger partial charge in [0.25, 0.3) is 0 Å². The van der Waals surface area contributed by atoms with E-state index >= 15 is 0 Å². The van der Waals surface area contributed by atoms with Crippen LogP contribution in [0.3, 0.4) is 0 Å². The Hall–Kier alpha value is -2.12. The second-order valence-corrected chi connectivity index (χ2v) is 5.72. The predicted molar refractivity (Wildman–Crippen MR) is 78.6 cm³/mol. The third-order valence-corrected chi connectivity index (χ3v) is 4.12. The van der Waals surface area contributed by atoms with E-state index in [0.717, 1.165) is 13.0 Å². The zero-order chi connectivity index (χ0) is 15.7. The van der Waals surface area contributed by atoms with Crippen LogP contribution in [0.5, 0.6) is 0 Å². The minimum atomic E-state index is -0.783. The number of aliphatic carboxylic acids is 1. The Bertz CT molecular complexity index is 735. The molecule has 1 saturated heterocycles. The maximum Gasteiger partial charge on any atom is 0.417 e. The lowest BCUT2D eigenvalue weighted by Crippen LogP contribution is -2.40. The third kappa shape index (κ3) is 3.05. The first kappa shape index (κ1) is 14.8. The van der Waals surface area contributed by atoms with Gasteiger partial charge in [-0.05, 0) is 37.1 Å². The summed E-state index contributed by atoms with van der Waals surface area (Å²) in [7, 11) is 0. The number of nitrogens with zero attached hydrogens (tertiary/aromatic N) is 1. The lowest BCUT2D eigenvalue weighted by molar-refractivity contribution is -0.143. The van der Waals surface area contributed by atoms with Crippen LogP contribution in [-0.4, -0.2) is 45.7 Å². The summed E-state index contributed by atoms with van der Waals surface area (Å²) in [6.45, 7) is 1.60. The second kappa shape index (κ2) is 5.94. The zero-order valence-corrected chi connectivity index (χ0v) is 12.0. The van der Waals surface area contributed by atoms with Crippen molar-refractivity contribution in [1.29, 1.82) is 0 Å². The largest absolute Gasteiger partial charge is 0.481 e.